The van der Waals surface area contributed by atoms with Crippen LogP contribution in [0.5, 0.6) is 0 Å². The molecule has 0 bridgehead atoms. The lowest BCUT2D eigenvalue weighted by Crippen LogP contribution is -2.41. The zero-order valence-corrected chi connectivity index (χ0v) is 40.1. The van der Waals surface area contributed by atoms with Crippen molar-refractivity contribution in [2.24, 2.45) is 11.8 Å². The molecule has 0 unspecified atom stereocenters. The highest BCUT2D eigenvalue weighted by Crippen LogP contribution is 2.34. The lowest BCUT2D eigenvalue weighted by molar-refractivity contribution is -0.126. The third kappa shape index (κ3) is 11.4. The van der Waals surface area contributed by atoms with Crippen LogP contribution in [0.25, 0.3) is 33.2 Å². The van der Waals surface area contributed by atoms with Gasteiger partial charge in [0.15, 0.2) is 16.8 Å². The lowest BCUT2D eigenvalue weighted by atomic mass is 9.96. The van der Waals surface area contributed by atoms with Crippen LogP contribution in [-0.2, 0) is 9.59 Å². The molecule has 2 aliphatic heterocycles. The van der Waals surface area contributed by atoms with E-state index in [-0.39, 0.29) is 23.7 Å². The van der Waals surface area contributed by atoms with Crippen LogP contribution in [0.2, 0.25) is 5.15 Å². The first-order chi connectivity index (χ1) is 31.3. The van der Waals surface area contributed by atoms with E-state index in [0.29, 0.717) is 5.15 Å². The Labute approximate surface area is 387 Å². The van der Waals surface area contributed by atoms with E-state index >= 15 is 0 Å². The maximum absolute atomic E-state index is 12.6. The van der Waals surface area contributed by atoms with Gasteiger partial charge >= 0.3 is 0 Å². The molecule has 2 saturated heterocycles. The Morgan fingerprint density at radius 3 is 1.55 bits per heavy atom. The van der Waals surface area contributed by atoms with Crippen molar-refractivity contribution in [1.82, 2.24) is 60.4 Å². The Balaban J connectivity index is 0.000000194. The van der Waals surface area contributed by atoms with E-state index in [0.717, 1.165) is 147 Å². The molecule has 8 rings (SSSR count). The summed E-state index contributed by atoms with van der Waals surface area (Å²) in [5.74, 6) is 1.95. The fraction of sp³-hybridized carbons (Fsp3) is 0.500. The van der Waals surface area contributed by atoms with E-state index in [1.165, 1.54) is 11.1 Å². The number of aromatic nitrogens is 8. The first-order valence-corrected chi connectivity index (χ1v) is 23.3. The second-order valence-electron chi connectivity index (χ2n) is 18.1. The molecule has 2 fully saturated rings. The van der Waals surface area contributed by atoms with E-state index in [4.69, 9.17) is 21.8 Å². The van der Waals surface area contributed by atoms with E-state index in [2.05, 4.69) is 108 Å². The summed E-state index contributed by atoms with van der Waals surface area (Å²) >= 11 is 6.44. The lowest BCUT2D eigenvalue weighted by Gasteiger charge is -2.31. The zero-order valence-electron chi connectivity index (χ0n) is 39.3. The van der Waals surface area contributed by atoms with Gasteiger partial charge in [-0.25, -0.2) is 9.36 Å². The van der Waals surface area contributed by atoms with Crippen molar-refractivity contribution in [3.8, 4) is 11.4 Å². The third-order valence-corrected chi connectivity index (χ3v) is 12.8. The van der Waals surface area contributed by atoms with Crippen molar-refractivity contribution < 1.29 is 9.59 Å². The first kappa shape index (κ1) is 47.3. The normalized spacial score (nSPS) is 14.9. The highest BCUT2D eigenvalue weighted by molar-refractivity contribution is 6.34. The van der Waals surface area contributed by atoms with Gasteiger partial charge in [-0.05, 0) is 132 Å². The minimum absolute atomic E-state index is 0.0307. The van der Waals surface area contributed by atoms with Gasteiger partial charge in [-0.15, -0.1) is 15.3 Å². The third-order valence-electron chi connectivity index (χ3n) is 12.5. The number of anilines is 2. The second kappa shape index (κ2) is 21.5. The predicted molar refractivity (Wildman–Crippen MR) is 260 cm³/mol. The van der Waals surface area contributed by atoms with Crippen LogP contribution in [0, 0.1) is 39.5 Å². The average Bonchev–Trinajstić information content (AvgIpc) is 3.84. The number of halogens is 1. The van der Waals surface area contributed by atoms with Crippen LogP contribution in [0.15, 0.2) is 54.7 Å². The number of carbonyl (C=O) groups excluding carboxylic acids is 2. The number of benzene rings is 2. The standard InChI is InChI=1S/C24H32ClN7O.C24H33N7O/c1-16-6-8-19(9-7-16)32-17(2)20-21(29-32)23(28-27-22(20)25)31-14-10-18(11-15-31)24(33)26-12-5-13-30(3)4;1-17-6-8-20(9-7-17)31-18(2)21-16-26-27-23(22(21)28-31)30-14-10-19(11-15-30)24(32)25-12-5-13-29(3)4/h6-9,18H,5,10-15H2,1-4H3,(H,26,33);6-9,16,19H,5,10-15H2,1-4H3,(H,25,32). The van der Waals surface area contributed by atoms with Gasteiger partial charge in [-0.2, -0.15) is 15.3 Å². The molecule has 0 saturated carbocycles. The van der Waals surface area contributed by atoms with Gasteiger partial charge in [0, 0.05) is 56.5 Å². The number of amides is 2. The Kier molecular flexibility index (Phi) is 15.6. The van der Waals surface area contributed by atoms with Crippen LogP contribution in [0.4, 0.5) is 11.6 Å². The number of hydrogen-bond donors (Lipinski definition) is 2. The van der Waals surface area contributed by atoms with Gasteiger partial charge in [-0.3, -0.25) is 9.59 Å². The summed E-state index contributed by atoms with van der Waals surface area (Å²) in [6, 6.07) is 16.6. The fourth-order valence-corrected chi connectivity index (χ4v) is 8.89. The van der Waals surface area contributed by atoms with Crippen LogP contribution in [0.3, 0.4) is 0 Å². The molecule has 6 aromatic rings. The minimum atomic E-state index is 0.0307. The predicted octanol–water partition coefficient (Wildman–Crippen LogP) is 6.09. The van der Waals surface area contributed by atoms with Crippen molar-refractivity contribution >= 4 is 56.9 Å². The molecule has 2 N–H and O–H groups in total. The van der Waals surface area contributed by atoms with Gasteiger partial charge in [-0.1, -0.05) is 47.0 Å². The largest absolute Gasteiger partial charge is 0.356 e. The van der Waals surface area contributed by atoms with Crippen molar-refractivity contribution in [3.05, 3.63) is 82.4 Å². The quantitative estimate of drug-likeness (QED) is 0.122. The summed E-state index contributed by atoms with van der Waals surface area (Å²) in [5.41, 5.74) is 8.01. The molecular formula is C48H65ClN14O2. The van der Waals surface area contributed by atoms with Crippen molar-refractivity contribution in [2.45, 2.75) is 66.2 Å². The highest BCUT2D eigenvalue weighted by Gasteiger charge is 2.30. The van der Waals surface area contributed by atoms with Gasteiger partial charge in [0.1, 0.15) is 11.0 Å². The van der Waals surface area contributed by atoms with Gasteiger partial charge in [0.05, 0.1) is 34.3 Å². The zero-order chi connectivity index (χ0) is 46.2. The molecule has 0 spiro atoms. The number of rotatable bonds is 14. The van der Waals surface area contributed by atoms with E-state index in [1.54, 1.807) is 6.20 Å². The molecule has 2 aliphatic rings. The Morgan fingerprint density at radius 1 is 0.631 bits per heavy atom. The summed E-state index contributed by atoms with van der Waals surface area (Å²) in [4.78, 5) is 33.8. The minimum Gasteiger partial charge on any atom is -0.356 e. The molecule has 2 amide bonds. The maximum Gasteiger partial charge on any atom is 0.223 e. The van der Waals surface area contributed by atoms with Crippen molar-refractivity contribution in [2.75, 3.05) is 90.3 Å². The van der Waals surface area contributed by atoms with Crippen molar-refractivity contribution in [3.63, 3.8) is 0 Å². The summed E-state index contributed by atoms with van der Waals surface area (Å²) in [5, 5.41) is 35.5. The maximum atomic E-state index is 12.6. The number of nitrogens with zero attached hydrogens (tertiary/aromatic N) is 12. The highest BCUT2D eigenvalue weighted by atomic mass is 35.5. The van der Waals surface area contributed by atoms with Crippen LogP contribution in [-0.4, -0.2) is 142 Å². The Bertz CT molecular complexity index is 2540. The molecule has 0 radical (unpaired) electrons. The summed E-state index contributed by atoms with van der Waals surface area (Å²) in [6.07, 6.45) is 6.91. The molecule has 6 heterocycles. The van der Waals surface area contributed by atoms with E-state index in [1.807, 2.05) is 56.6 Å². The molecule has 17 heteroatoms. The number of piperidine rings is 2. The monoisotopic (exact) mass is 905 g/mol. The SMILES string of the molecule is Cc1ccc(-n2nc3c(N4CCC(C(=O)NCCCN(C)C)CC4)nnc(Cl)c3c2C)cc1.Cc1ccc(-n2nc3c(N4CCC(C(=O)NCCCN(C)C)CC4)nncc3c2C)cc1. The Morgan fingerprint density at radius 2 is 1.08 bits per heavy atom. The molecule has 0 aliphatic carbocycles. The van der Waals surface area contributed by atoms with Crippen molar-refractivity contribution in [1.29, 1.82) is 0 Å². The van der Waals surface area contributed by atoms with E-state index < -0.39 is 0 Å². The van der Waals surface area contributed by atoms with Crippen LogP contribution >= 0.6 is 11.6 Å². The van der Waals surface area contributed by atoms with Gasteiger partial charge < -0.3 is 30.2 Å². The smallest absolute Gasteiger partial charge is 0.223 e. The molecule has 4 aromatic heterocycles. The van der Waals surface area contributed by atoms with Gasteiger partial charge in [0.25, 0.3) is 0 Å². The first-order valence-electron chi connectivity index (χ1n) is 22.9. The van der Waals surface area contributed by atoms with Crippen LogP contribution in [0.1, 0.15) is 61.0 Å². The molecule has 2 aromatic carbocycles. The molecule has 16 nitrogen and oxygen atoms in total. The number of nitrogens with one attached hydrogen (secondary N) is 2. The summed E-state index contributed by atoms with van der Waals surface area (Å²) in [6.45, 7) is 14.6. The summed E-state index contributed by atoms with van der Waals surface area (Å²) < 4.78 is 3.86. The second-order valence-corrected chi connectivity index (χ2v) is 18.4. The number of aryl methyl sites for hydroxylation is 4. The van der Waals surface area contributed by atoms with Crippen LogP contribution < -0.4 is 20.4 Å². The summed E-state index contributed by atoms with van der Waals surface area (Å²) in [7, 11) is 8.18. The number of carbonyl (C=O) groups is 2. The fourth-order valence-electron chi connectivity index (χ4n) is 8.63. The van der Waals surface area contributed by atoms with E-state index in [9.17, 15) is 9.59 Å². The Hall–Kier alpha value is -5.71. The number of hydrogen-bond acceptors (Lipinski definition) is 12. The topological polar surface area (TPSA) is 158 Å². The average molecular weight is 906 g/mol. The molecule has 0 atom stereocenters. The van der Waals surface area contributed by atoms with Gasteiger partial charge in [0.2, 0.25) is 11.8 Å². The number of fused-ring (bicyclic) bond motifs is 2. The molecular weight excluding hydrogens is 840 g/mol. The molecule has 65 heavy (non-hydrogen) atoms. The molecule has 346 valence electrons.